The van der Waals surface area contributed by atoms with E-state index in [2.05, 4.69) is 51.9 Å². The van der Waals surface area contributed by atoms with Gasteiger partial charge in [0.25, 0.3) is 0 Å². The molecule has 0 bridgehead atoms. The Morgan fingerprint density at radius 1 is 1.04 bits per heavy atom. The highest BCUT2D eigenvalue weighted by Gasteiger charge is 2.37. The van der Waals surface area contributed by atoms with Gasteiger partial charge in [0.2, 0.25) is 0 Å². The molecule has 1 saturated heterocycles. The Balaban J connectivity index is 1.37. The van der Waals surface area contributed by atoms with Gasteiger partial charge >= 0.3 is 0 Å². The highest BCUT2D eigenvalue weighted by atomic mass is 16.1. The number of rotatable bonds is 5. The van der Waals surface area contributed by atoms with Crippen LogP contribution >= 0.6 is 0 Å². The van der Waals surface area contributed by atoms with Crippen molar-refractivity contribution in [3.05, 3.63) is 59.2 Å². The first-order valence-electron chi connectivity index (χ1n) is 7.84. The second-order valence-corrected chi connectivity index (χ2v) is 6.22. The van der Waals surface area contributed by atoms with E-state index in [1.165, 1.54) is 11.1 Å². The van der Waals surface area contributed by atoms with Crippen molar-refractivity contribution < 1.29 is 4.79 Å². The van der Waals surface area contributed by atoms with Crippen molar-refractivity contribution in [2.24, 2.45) is 0 Å². The molecular formula is C18H18N4O. The Bertz CT molecular complexity index is 853. The lowest BCUT2D eigenvalue weighted by molar-refractivity contribution is 0.0982. The number of Topliss-reactive ketones (excluding diaryl/α,β-unsaturated/α-hetero) is 1. The Kier molecular flexibility index (Phi) is 3.42. The maximum atomic E-state index is 12.4. The standard InChI is InChI=1S/C18H18N4O/c1-11-2-4-12(5-3-11)8-15-16(19-15)10-18(23)13-6-7-14-17(9-13)21-22-20-14/h2-7,9,15-16,19H,8,10H2,1H3,(H,20,21,22)/t15-,16-/m1/s1. The number of aromatic nitrogens is 3. The van der Waals surface area contributed by atoms with E-state index in [1.54, 1.807) is 6.07 Å². The van der Waals surface area contributed by atoms with Crippen LogP contribution in [0.1, 0.15) is 27.9 Å². The SMILES string of the molecule is Cc1ccc(C[C@H]2N[C@@H]2CC(=O)c2ccc3n[nH]nc3c2)cc1. The van der Waals surface area contributed by atoms with E-state index in [0.29, 0.717) is 18.0 Å². The van der Waals surface area contributed by atoms with Crippen molar-refractivity contribution >= 4 is 16.8 Å². The molecule has 0 aliphatic carbocycles. The minimum atomic E-state index is 0.152. The lowest BCUT2D eigenvalue weighted by Gasteiger charge is -2.01. The van der Waals surface area contributed by atoms with Gasteiger partial charge in [-0.1, -0.05) is 29.8 Å². The largest absolute Gasteiger partial charge is 0.307 e. The molecule has 2 aromatic carbocycles. The molecule has 2 atom stereocenters. The van der Waals surface area contributed by atoms with Crippen LogP contribution < -0.4 is 5.32 Å². The van der Waals surface area contributed by atoms with Gasteiger partial charge in [0.05, 0.1) is 0 Å². The normalized spacial score (nSPS) is 19.9. The van der Waals surface area contributed by atoms with Crippen molar-refractivity contribution in [3.8, 4) is 0 Å². The first kappa shape index (κ1) is 14.1. The van der Waals surface area contributed by atoms with Crippen LogP contribution in [0, 0.1) is 6.92 Å². The van der Waals surface area contributed by atoms with Crippen molar-refractivity contribution in [2.45, 2.75) is 31.8 Å². The zero-order valence-corrected chi connectivity index (χ0v) is 12.9. The summed E-state index contributed by atoms with van der Waals surface area (Å²) in [6.07, 6.45) is 1.50. The first-order chi connectivity index (χ1) is 11.2. The summed E-state index contributed by atoms with van der Waals surface area (Å²) >= 11 is 0. The fourth-order valence-electron chi connectivity index (χ4n) is 2.93. The summed E-state index contributed by atoms with van der Waals surface area (Å²) in [6.45, 7) is 2.09. The highest BCUT2D eigenvalue weighted by Crippen LogP contribution is 2.22. The molecule has 2 heterocycles. The highest BCUT2D eigenvalue weighted by molar-refractivity contribution is 5.99. The van der Waals surface area contributed by atoms with E-state index in [9.17, 15) is 4.79 Å². The minimum absolute atomic E-state index is 0.152. The molecule has 1 fully saturated rings. The molecule has 5 heteroatoms. The van der Waals surface area contributed by atoms with E-state index < -0.39 is 0 Å². The summed E-state index contributed by atoms with van der Waals surface area (Å²) in [4.78, 5) is 12.4. The molecule has 5 nitrogen and oxygen atoms in total. The molecule has 0 radical (unpaired) electrons. The first-order valence-corrected chi connectivity index (χ1v) is 7.84. The average molecular weight is 306 g/mol. The fourth-order valence-corrected chi connectivity index (χ4v) is 2.93. The van der Waals surface area contributed by atoms with Crippen LogP contribution in [-0.2, 0) is 6.42 Å². The maximum Gasteiger partial charge on any atom is 0.164 e. The maximum absolute atomic E-state index is 12.4. The van der Waals surface area contributed by atoms with Crippen LogP contribution in [0.5, 0.6) is 0 Å². The van der Waals surface area contributed by atoms with E-state index >= 15 is 0 Å². The van der Waals surface area contributed by atoms with Gasteiger partial charge in [0.15, 0.2) is 5.78 Å². The number of nitrogens with zero attached hydrogens (tertiary/aromatic N) is 2. The summed E-state index contributed by atoms with van der Waals surface area (Å²) in [5, 5.41) is 14.0. The molecule has 1 aliphatic rings. The van der Waals surface area contributed by atoms with Gasteiger partial charge in [-0.15, -0.1) is 0 Å². The zero-order chi connectivity index (χ0) is 15.8. The Morgan fingerprint density at radius 2 is 1.83 bits per heavy atom. The number of carbonyl (C=O) groups excluding carboxylic acids is 1. The predicted octanol–water partition coefficient (Wildman–Crippen LogP) is 2.42. The molecule has 0 spiro atoms. The monoisotopic (exact) mass is 306 g/mol. The van der Waals surface area contributed by atoms with Gasteiger partial charge in [-0.2, -0.15) is 15.4 Å². The van der Waals surface area contributed by atoms with E-state index in [4.69, 9.17) is 0 Å². The second kappa shape index (κ2) is 5.59. The number of hydrogen-bond acceptors (Lipinski definition) is 4. The van der Waals surface area contributed by atoms with E-state index in [-0.39, 0.29) is 11.8 Å². The fraction of sp³-hybridized carbons (Fsp3) is 0.278. The smallest absolute Gasteiger partial charge is 0.164 e. The minimum Gasteiger partial charge on any atom is -0.307 e. The number of nitrogens with one attached hydrogen (secondary N) is 2. The number of ketones is 1. The molecule has 0 saturated carbocycles. The lowest BCUT2D eigenvalue weighted by atomic mass is 10.0. The Morgan fingerprint density at radius 3 is 2.65 bits per heavy atom. The number of H-pyrrole nitrogens is 1. The number of aromatic amines is 1. The molecule has 1 aromatic heterocycles. The van der Waals surface area contributed by atoms with Gasteiger partial charge in [-0.05, 0) is 37.1 Å². The Labute approximate surface area is 134 Å². The lowest BCUT2D eigenvalue weighted by Crippen LogP contribution is -2.07. The summed E-state index contributed by atoms with van der Waals surface area (Å²) < 4.78 is 0. The molecule has 116 valence electrons. The summed E-state index contributed by atoms with van der Waals surface area (Å²) in [5.41, 5.74) is 4.80. The topological polar surface area (TPSA) is 80.6 Å². The van der Waals surface area contributed by atoms with Gasteiger partial charge in [0, 0.05) is 24.1 Å². The molecular weight excluding hydrogens is 288 g/mol. The number of benzene rings is 2. The third kappa shape index (κ3) is 3.00. The van der Waals surface area contributed by atoms with Crippen LogP contribution in [-0.4, -0.2) is 33.3 Å². The molecule has 0 amide bonds. The third-order valence-corrected chi connectivity index (χ3v) is 4.42. The number of carbonyl (C=O) groups is 1. The van der Waals surface area contributed by atoms with Crippen LogP contribution in [0.15, 0.2) is 42.5 Å². The van der Waals surface area contributed by atoms with Crippen molar-refractivity contribution in [1.82, 2.24) is 20.7 Å². The molecule has 0 unspecified atom stereocenters. The molecule has 3 aromatic rings. The second-order valence-electron chi connectivity index (χ2n) is 6.22. The summed E-state index contributed by atoms with van der Waals surface area (Å²) in [5.74, 6) is 0.152. The van der Waals surface area contributed by atoms with Crippen molar-refractivity contribution in [2.75, 3.05) is 0 Å². The van der Waals surface area contributed by atoms with Crippen LogP contribution in [0.25, 0.3) is 11.0 Å². The van der Waals surface area contributed by atoms with Crippen molar-refractivity contribution in [1.29, 1.82) is 0 Å². The van der Waals surface area contributed by atoms with Crippen LogP contribution in [0.2, 0.25) is 0 Å². The van der Waals surface area contributed by atoms with Crippen LogP contribution in [0.4, 0.5) is 0 Å². The van der Waals surface area contributed by atoms with Gasteiger partial charge in [0.1, 0.15) is 11.0 Å². The number of fused-ring (bicyclic) bond motifs is 1. The van der Waals surface area contributed by atoms with Gasteiger partial charge in [-0.25, -0.2) is 0 Å². The van der Waals surface area contributed by atoms with Gasteiger partial charge < -0.3 is 5.32 Å². The van der Waals surface area contributed by atoms with Crippen LogP contribution in [0.3, 0.4) is 0 Å². The molecule has 4 rings (SSSR count). The Hall–Kier alpha value is -2.53. The molecule has 23 heavy (non-hydrogen) atoms. The van der Waals surface area contributed by atoms with Crippen molar-refractivity contribution in [3.63, 3.8) is 0 Å². The zero-order valence-electron chi connectivity index (χ0n) is 12.9. The third-order valence-electron chi connectivity index (χ3n) is 4.42. The number of hydrogen-bond donors (Lipinski definition) is 2. The molecule has 2 N–H and O–H groups in total. The molecule has 1 aliphatic heterocycles. The van der Waals surface area contributed by atoms with E-state index in [0.717, 1.165) is 17.5 Å². The summed E-state index contributed by atoms with van der Waals surface area (Å²) in [6, 6.07) is 14.7. The summed E-state index contributed by atoms with van der Waals surface area (Å²) in [7, 11) is 0. The van der Waals surface area contributed by atoms with E-state index in [1.807, 2.05) is 12.1 Å². The quantitative estimate of drug-likeness (QED) is 0.560. The average Bonchev–Trinajstić information content (AvgIpc) is 3.10. The predicted molar refractivity (Wildman–Crippen MR) is 88.4 cm³/mol. The van der Waals surface area contributed by atoms with Gasteiger partial charge in [-0.3, -0.25) is 4.79 Å². The number of aryl methyl sites for hydroxylation is 1.